The Kier molecular flexibility index (Phi) is 10.3. The van der Waals surface area contributed by atoms with Gasteiger partial charge in [0.05, 0.1) is 0 Å². The third-order valence-electron chi connectivity index (χ3n) is 3.07. The quantitative estimate of drug-likeness (QED) is 0.544. The molecule has 19 heavy (non-hydrogen) atoms. The van der Waals surface area contributed by atoms with Crippen LogP contribution in [0, 0.1) is 5.92 Å². The molecule has 0 aliphatic carbocycles. The van der Waals surface area contributed by atoms with Crippen LogP contribution in [0.2, 0.25) is 18.1 Å². The molecule has 0 aromatic rings. The molecule has 6 heteroatoms. The minimum atomic E-state index is -4.74. The van der Waals surface area contributed by atoms with Crippen LogP contribution in [0.3, 0.4) is 0 Å². The molecule has 4 nitrogen and oxygen atoms in total. The second-order valence-corrected chi connectivity index (χ2v) is 14.8. The van der Waals surface area contributed by atoms with E-state index in [1.54, 1.807) is 0 Å². The van der Waals surface area contributed by atoms with Crippen molar-refractivity contribution in [2.75, 3.05) is 6.61 Å². The van der Waals surface area contributed by atoms with Crippen molar-refractivity contribution in [3.05, 3.63) is 0 Å². The molecule has 0 atom stereocenters. The van der Waals surface area contributed by atoms with Gasteiger partial charge in [-0.1, -0.05) is 0 Å². The molecule has 0 aliphatic heterocycles. The van der Waals surface area contributed by atoms with E-state index < -0.39 is 30.3 Å². The predicted molar refractivity (Wildman–Crippen MR) is 77.4 cm³/mol. The fraction of sp³-hybridized carbons (Fsp3) is 1.00. The molecule has 0 unspecified atom stereocenters. The second kappa shape index (κ2) is 9.80. The molecule has 0 saturated carbocycles. The Hall–Kier alpha value is 0.940. The van der Waals surface area contributed by atoms with Crippen LogP contribution in [0.1, 0.15) is 53.9 Å². The van der Waals surface area contributed by atoms with E-state index >= 15 is 0 Å². The van der Waals surface area contributed by atoms with Crippen molar-refractivity contribution in [2.45, 2.75) is 72.0 Å². The van der Waals surface area contributed by atoms with E-state index in [0.29, 0.717) is 12.5 Å². The van der Waals surface area contributed by atoms with Crippen molar-refractivity contribution < 1.29 is 33.7 Å². The van der Waals surface area contributed by atoms with Crippen LogP contribution in [-0.4, -0.2) is 21.3 Å². The Morgan fingerprint density at radius 3 is 1.68 bits per heavy atom. The van der Waals surface area contributed by atoms with E-state index in [-0.39, 0.29) is 0 Å². The number of hydrogen-bond acceptors (Lipinski definition) is 4. The van der Waals surface area contributed by atoms with Gasteiger partial charge in [0, 0.05) is 0 Å². The number of hydrogen-bond donors (Lipinski definition) is 2. The third kappa shape index (κ3) is 8.74. The fourth-order valence-corrected chi connectivity index (χ4v) is 15.1. The molecule has 0 saturated heterocycles. The zero-order chi connectivity index (χ0) is 14.9. The van der Waals surface area contributed by atoms with E-state index in [0.717, 1.165) is 37.4 Å². The minimum absolute atomic E-state index is 0.290. The fourth-order valence-electron chi connectivity index (χ4n) is 2.48. The summed E-state index contributed by atoms with van der Waals surface area (Å²) in [5.41, 5.74) is 0. The summed E-state index contributed by atoms with van der Waals surface area (Å²) in [6.45, 7) is 10.8. The molecule has 2 N–H and O–H groups in total. The first kappa shape index (κ1) is 19.9. The average Bonchev–Trinajstić information content (AvgIpc) is 2.27. The standard InChI is InChI=1S/C9H21OSi.C4H9O.2H2O.Zr/c1-4-7-11(10,8-5-2)9-6-3;1-4(2)3-5;;;/h4-9H2,1-3H3;4H,3H2,1-2H3;2*1H2;/q2*-1;;;+4/p-2. The first-order valence-corrected chi connectivity index (χ1v) is 14.3. The van der Waals surface area contributed by atoms with Crippen LogP contribution in [-0.2, 0) is 27.3 Å². The van der Waals surface area contributed by atoms with Gasteiger partial charge in [-0.2, -0.15) is 0 Å². The zero-order valence-electron chi connectivity index (χ0n) is 13.2. The molecule has 0 bridgehead atoms. The summed E-state index contributed by atoms with van der Waals surface area (Å²) >= 11 is -4.74. The van der Waals surface area contributed by atoms with Crippen LogP contribution >= 0.6 is 0 Å². The van der Waals surface area contributed by atoms with Gasteiger partial charge in [-0.05, 0) is 0 Å². The normalized spacial score (nSPS) is 13.3. The molecule has 0 aromatic heterocycles. The summed E-state index contributed by atoms with van der Waals surface area (Å²) in [4.78, 5) is 0. The Morgan fingerprint density at radius 1 is 0.947 bits per heavy atom. The summed E-state index contributed by atoms with van der Waals surface area (Å²) in [5, 5.41) is 0. The second-order valence-electron chi connectivity index (χ2n) is 5.79. The van der Waals surface area contributed by atoms with Crippen LogP contribution in [0.4, 0.5) is 0 Å². The number of rotatable bonds is 11. The van der Waals surface area contributed by atoms with Crippen LogP contribution < -0.4 is 0 Å². The Morgan fingerprint density at radius 2 is 1.37 bits per heavy atom. The Bertz CT molecular complexity index is 220. The van der Waals surface area contributed by atoms with Gasteiger partial charge >= 0.3 is 127 Å². The van der Waals surface area contributed by atoms with Crippen molar-refractivity contribution >= 4 is 8.32 Å². The molecule has 0 aliphatic rings. The van der Waals surface area contributed by atoms with Gasteiger partial charge in [-0.3, -0.25) is 0 Å². The summed E-state index contributed by atoms with van der Waals surface area (Å²) in [5.74, 6) is 0.290. The zero-order valence-corrected chi connectivity index (χ0v) is 16.7. The maximum absolute atomic E-state index is 10.1. The van der Waals surface area contributed by atoms with Gasteiger partial charge in [-0.25, -0.2) is 0 Å². The van der Waals surface area contributed by atoms with Gasteiger partial charge in [0.2, 0.25) is 0 Å². The van der Waals surface area contributed by atoms with E-state index in [1.807, 2.05) is 13.8 Å². The van der Waals surface area contributed by atoms with E-state index in [1.165, 1.54) is 0 Å². The molecular formula is C13H32O4SiZr. The molecule has 0 aromatic carbocycles. The predicted octanol–water partition coefficient (Wildman–Crippen LogP) is 3.65. The first-order valence-electron chi connectivity index (χ1n) is 7.59. The van der Waals surface area contributed by atoms with Crippen molar-refractivity contribution in [2.24, 2.45) is 5.92 Å². The Balaban J connectivity index is 4.74. The van der Waals surface area contributed by atoms with Gasteiger partial charge in [-0.15, -0.1) is 0 Å². The molecule has 0 rings (SSSR count). The summed E-state index contributed by atoms with van der Waals surface area (Å²) in [7, 11) is -2.03. The van der Waals surface area contributed by atoms with Crippen molar-refractivity contribution in [1.82, 2.24) is 0 Å². The first-order chi connectivity index (χ1) is 8.81. The molecule has 116 valence electrons. The van der Waals surface area contributed by atoms with Gasteiger partial charge in [0.25, 0.3) is 0 Å². The van der Waals surface area contributed by atoms with Crippen LogP contribution in [0.15, 0.2) is 0 Å². The Labute approximate surface area is 126 Å². The average molecular weight is 372 g/mol. The summed E-state index contributed by atoms with van der Waals surface area (Å²) in [6, 6.07) is 3.00. The summed E-state index contributed by atoms with van der Waals surface area (Å²) in [6.07, 6.45) is 3.12. The van der Waals surface area contributed by atoms with Crippen molar-refractivity contribution in [3.8, 4) is 0 Å². The van der Waals surface area contributed by atoms with Crippen LogP contribution in [0.5, 0.6) is 0 Å². The van der Waals surface area contributed by atoms with Gasteiger partial charge < -0.3 is 0 Å². The molecule has 0 heterocycles. The molecule has 0 fully saturated rings. The van der Waals surface area contributed by atoms with Crippen molar-refractivity contribution in [3.63, 3.8) is 0 Å². The molecule has 0 radical (unpaired) electrons. The van der Waals surface area contributed by atoms with E-state index in [2.05, 4.69) is 20.8 Å². The van der Waals surface area contributed by atoms with E-state index in [9.17, 15) is 6.37 Å². The van der Waals surface area contributed by atoms with E-state index in [4.69, 9.17) is 5.32 Å². The SMILES string of the molecule is CCC[Si](CCC)(CCC)[O][Zr]([OH])([OH])[O]CC(C)C. The molecular weight excluding hydrogens is 339 g/mol. The van der Waals surface area contributed by atoms with Crippen molar-refractivity contribution in [1.29, 1.82) is 0 Å². The topological polar surface area (TPSA) is 58.9 Å². The van der Waals surface area contributed by atoms with Gasteiger partial charge in [0.15, 0.2) is 0 Å². The molecule has 0 spiro atoms. The third-order valence-corrected chi connectivity index (χ3v) is 14.5. The van der Waals surface area contributed by atoms with Crippen LogP contribution in [0.25, 0.3) is 0 Å². The molecule has 0 amide bonds. The maximum atomic E-state index is 10.1. The summed E-state index contributed by atoms with van der Waals surface area (Å²) < 4.78 is 31.5. The monoisotopic (exact) mass is 370 g/mol. The van der Waals surface area contributed by atoms with Gasteiger partial charge in [0.1, 0.15) is 0 Å².